The molecule has 12 heteroatoms. The number of sulfonamides is 1. The van der Waals surface area contributed by atoms with Gasteiger partial charge in [0.05, 0.1) is 20.8 Å². The zero-order valence-electron chi connectivity index (χ0n) is 30.7. The van der Waals surface area contributed by atoms with Crippen molar-refractivity contribution in [3.05, 3.63) is 104 Å². The summed E-state index contributed by atoms with van der Waals surface area (Å²) >= 11 is 15.3. The van der Waals surface area contributed by atoms with E-state index in [1.165, 1.54) is 33.1 Å². The van der Waals surface area contributed by atoms with Crippen molar-refractivity contribution in [1.82, 2.24) is 5.32 Å². The highest BCUT2D eigenvalue weighted by Crippen LogP contribution is 2.35. The molecule has 7 nitrogen and oxygen atoms in total. The van der Waals surface area contributed by atoms with E-state index >= 15 is 0 Å². The highest BCUT2D eigenvalue weighted by Gasteiger charge is 2.18. The van der Waals surface area contributed by atoms with E-state index in [4.69, 9.17) is 33.7 Å². The van der Waals surface area contributed by atoms with E-state index in [9.17, 15) is 13.2 Å². The predicted octanol–water partition coefficient (Wildman–Crippen LogP) is 11.2. The Hall–Kier alpha value is -2.73. The number of benzene rings is 3. The van der Waals surface area contributed by atoms with Gasteiger partial charge in [0.15, 0.2) is 5.75 Å². The first-order chi connectivity index (χ1) is 23.3. The Morgan fingerprint density at radius 2 is 1.46 bits per heavy atom. The van der Waals surface area contributed by atoms with Gasteiger partial charge in [-0.05, 0) is 119 Å². The molecule has 0 bridgehead atoms. The first kappa shape index (κ1) is 45.3. The summed E-state index contributed by atoms with van der Waals surface area (Å²) in [5.74, 6) is 2.75. The summed E-state index contributed by atoms with van der Waals surface area (Å²) in [6.07, 6.45) is 0. The molecule has 0 saturated carbocycles. The van der Waals surface area contributed by atoms with Crippen molar-refractivity contribution in [3.8, 4) is 11.5 Å². The SMILES string of the molecule is CC(C)N.CC(C)NC(=O)c1cccs1.CC(C)S(=O)(=O)Nc1ccccc1Oc1ccc(Cl)cc1Cl.Cc1cc(C)cc(SCC(C)C)c1. The zero-order valence-corrected chi connectivity index (χ0v) is 34.7. The fourth-order valence-electron chi connectivity index (χ4n) is 3.61. The van der Waals surface area contributed by atoms with Crippen molar-refractivity contribution in [1.29, 1.82) is 0 Å². The van der Waals surface area contributed by atoms with E-state index in [0.717, 1.165) is 10.8 Å². The molecule has 0 saturated heterocycles. The fourth-order valence-corrected chi connectivity index (χ4v) is 6.46. The number of hydrogen-bond donors (Lipinski definition) is 3. The number of halogens is 2. The molecule has 276 valence electrons. The number of thiophene rings is 1. The molecule has 3 aromatic carbocycles. The van der Waals surface area contributed by atoms with Crippen LogP contribution in [-0.4, -0.2) is 37.4 Å². The second-order valence-corrected chi connectivity index (χ2v) is 17.9. The first-order valence-electron chi connectivity index (χ1n) is 16.3. The maximum Gasteiger partial charge on any atom is 0.261 e. The van der Waals surface area contributed by atoms with E-state index in [0.29, 0.717) is 33.3 Å². The number of nitrogens with two attached hydrogens (primary N) is 1. The van der Waals surface area contributed by atoms with Gasteiger partial charge in [-0.15, -0.1) is 23.1 Å². The van der Waals surface area contributed by atoms with E-state index in [2.05, 4.69) is 55.9 Å². The van der Waals surface area contributed by atoms with Crippen molar-refractivity contribution in [2.45, 2.75) is 91.5 Å². The normalized spacial score (nSPS) is 10.8. The van der Waals surface area contributed by atoms with Gasteiger partial charge in [0.1, 0.15) is 5.75 Å². The third-order valence-electron chi connectivity index (χ3n) is 5.82. The van der Waals surface area contributed by atoms with E-state index in [1.54, 1.807) is 56.3 Å². The Balaban J connectivity index is 0.000000380. The number of hydrogen-bond acceptors (Lipinski definition) is 7. The molecule has 0 fully saturated rings. The Bertz CT molecular complexity index is 1670. The maximum absolute atomic E-state index is 12.0. The second kappa shape index (κ2) is 23.0. The topological polar surface area (TPSA) is 111 Å². The van der Waals surface area contributed by atoms with Gasteiger partial charge in [0.25, 0.3) is 5.91 Å². The van der Waals surface area contributed by atoms with Gasteiger partial charge in [-0.2, -0.15) is 0 Å². The second-order valence-electron chi connectivity index (χ2n) is 12.7. The number of thioether (sulfide) groups is 1. The molecule has 1 amide bonds. The minimum Gasteiger partial charge on any atom is -0.454 e. The number of amides is 1. The van der Waals surface area contributed by atoms with Gasteiger partial charge in [0.2, 0.25) is 10.0 Å². The lowest BCUT2D eigenvalue weighted by molar-refractivity contribution is 0.0947. The fraction of sp³-hybridized carbons (Fsp3) is 0.395. The molecule has 1 heterocycles. The maximum atomic E-state index is 12.0. The van der Waals surface area contributed by atoms with Crippen molar-refractivity contribution < 1.29 is 17.9 Å². The van der Waals surface area contributed by atoms with Crippen molar-refractivity contribution >= 4 is 67.9 Å². The number of carbonyl (C=O) groups excluding carboxylic acids is 1. The van der Waals surface area contributed by atoms with Gasteiger partial charge in [-0.25, -0.2) is 8.42 Å². The van der Waals surface area contributed by atoms with Crippen LogP contribution in [0.5, 0.6) is 11.5 Å². The van der Waals surface area contributed by atoms with E-state index in [-0.39, 0.29) is 11.9 Å². The van der Waals surface area contributed by atoms with Crippen LogP contribution in [0.1, 0.15) is 76.2 Å². The standard InChI is InChI=1S/C15H15Cl2NO3S.C12H18S.C8H11NOS.C3H9N/c1-10(2)22(19,20)18-13-5-3-4-6-15(13)21-14-8-7-11(16)9-12(14)17;1-9(2)8-13-12-6-10(3)5-11(4)7-12;1-6(2)9-8(10)7-4-3-5-11-7;1-3(2)4/h3-10,18H,1-2H3;5-7,9H,8H2,1-4H3;3-6H,1-2H3,(H,9,10);3H,4H2,1-2H3. The van der Waals surface area contributed by atoms with Crippen LogP contribution in [0.2, 0.25) is 10.0 Å². The van der Waals surface area contributed by atoms with E-state index < -0.39 is 15.3 Å². The molecule has 0 radical (unpaired) electrons. The van der Waals surface area contributed by atoms with Crippen LogP contribution in [0.25, 0.3) is 0 Å². The average Bonchev–Trinajstić information content (AvgIpc) is 3.54. The highest BCUT2D eigenvalue weighted by molar-refractivity contribution is 7.99. The Labute approximate surface area is 318 Å². The summed E-state index contributed by atoms with van der Waals surface area (Å²) < 4.78 is 32.2. The molecule has 0 atom stereocenters. The molecule has 0 aliphatic rings. The molecule has 0 aliphatic carbocycles. The zero-order chi connectivity index (χ0) is 38.0. The van der Waals surface area contributed by atoms with Crippen LogP contribution < -0.4 is 20.5 Å². The van der Waals surface area contributed by atoms with Gasteiger partial charge in [0, 0.05) is 21.7 Å². The monoisotopic (exact) mass is 781 g/mol. The summed E-state index contributed by atoms with van der Waals surface area (Å²) in [7, 11) is -3.47. The lowest BCUT2D eigenvalue weighted by Gasteiger charge is -2.15. The quantitative estimate of drug-likeness (QED) is 0.138. The molecule has 4 aromatic rings. The minimum atomic E-state index is -3.47. The summed E-state index contributed by atoms with van der Waals surface area (Å²) in [6, 6.07) is 22.6. The van der Waals surface area contributed by atoms with Gasteiger partial charge < -0.3 is 15.8 Å². The Morgan fingerprint density at radius 3 is 1.96 bits per heavy atom. The summed E-state index contributed by atoms with van der Waals surface area (Å²) in [4.78, 5) is 13.4. The highest BCUT2D eigenvalue weighted by atomic mass is 35.5. The number of anilines is 1. The van der Waals surface area contributed by atoms with Gasteiger partial charge in [-0.1, -0.05) is 75.2 Å². The summed E-state index contributed by atoms with van der Waals surface area (Å²) in [5, 5.41) is 4.99. The van der Waals surface area contributed by atoms with Crippen LogP contribution in [0.15, 0.2) is 83.1 Å². The molecule has 0 aliphatic heterocycles. The molecule has 0 spiro atoms. The smallest absolute Gasteiger partial charge is 0.261 e. The number of carbonyl (C=O) groups is 1. The Kier molecular flexibility index (Phi) is 20.8. The number of aryl methyl sites for hydroxylation is 2. The number of ether oxygens (including phenoxy) is 1. The molecule has 0 unspecified atom stereocenters. The molecule has 50 heavy (non-hydrogen) atoms. The molecule has 1 aromatic heterocycles. The molecular weight excluding hydrogens is 730 g/mol. The molecule has 4 rings (SSSR count). The van der Waals surface area contributed by atoms with Crippen LogP contribution in [-0.2, 0) is 10.0 Å². The van der Waals surface area contributed by atoms with Crippen molar-refractivity contribution in [3.63, 3.8) is 0 Å². The Morgan fingerprint density at radius 1 is 0.860 bits per heavy atom. The van der Waals surface area contributed by atoms with E-state index in [1.807, 2.05) is 57.0 Å². The third kappa shape index (κ3) is 19.0. The molecular formula is C38H53Cl2N3O4S3. The predicted molar refractivity (Wildman–Crippen MR) is 218 cm³/mol. The van der Waals surface area contributed by atoms with Crippen LogP contribution in [0.4, 0.5) is 5.69 Å². The van der Waals surface area contributed by atoms with Crippen LogP contribution in [0.3, 0.4) is 0 Å². The summed E-state index contributed by atoms with van der Waals surface area (Å²) in [6.45, 7) is 19.8. The van der Waals surface area contributed by atoms with Gasteiger partial charge >= 0.3 is 0 Å². The number of nitrogens with one attached hydrogen (secondary N) is 2. The van der Waals surface area contributed by atoms with Gasteiger partial charge in [-0.3, -0.25) is 9.52 Å². The van der Waals surface area contributed by atoms with Crippen molar-refractivity contribution in [2.75, 3.05) is 10.5 Å². The number of para-hydroxylation sites is 2. The average molecular weight is 783 g/mol. The first-order valence-corrected chi connectivity index (χ1v) is 20.5. The molecule has 4 N–H and O–H groups in total. The number of rotatable bonds is 10. The lowest BCUT2D eigenvalue weighted by atomic mass is 10.2. The third-order valence-corrected chi connectivity index (χ3v) is 10.4. The van der Waals surface area contributed by atoms with Crippen molar-refractivity contribution in [2.24, 2.45) is 11.7 Å². The lowest BCUT2D eigenvalue weighted by Crippen LogP contribution is -2.29. The van der Waals surface area contributed by atoms with Crippen LogP contribution in [0, 0.1) is 19.8 Å². The minimum absolute atomic E-state index is 0.0231. The summed E-state index contributed by atoms with van der Waals surface area (Å²) in [5.41, 5.74) is 8.19. The largest absolute Gasteiger partial charge is 0.454 e. The van der Waals surface area contributed by atoms with Crippen LogP contribution >= 0.6 is 46.3 Å².